The van der Waals surface area contributed by atoms with Gasteiger partial charge in [-0.25, -0.2) is 31.6 Å². The summed E-state index contributed by atoms with van der Waals surface area (Å²) < 4.78 is 5.22. The van der Waals surface area contributed by atoms with E-state index in [-0.39, 0.29) is 103 Å². The molecule has 0 spiro atoms. The molecule has 7 aromatic heterocycles. The number of allylic oxidation sites excluding steroid dienone is 1. The molecule has 4 radical (unpaired) electrons. The molecule has 10 rings (SSSR count). The van der Waals surface area contributed by atoms with Gasteiger partial charge in [-0.2, -0.15) is 0 Å². The number of aliphatic hydroxyl groups excluding tert-OH is 1. The minimum Gasteiger partial charge on any atom is -0.507 e. The van der Waals surface area contributed by atoms with E-state index in [1.54, 1.807) is 58.0 Å². The molecule has 526 valence electrons. The average molecular weight is 2020 g/mol. The third-order valence-electron chi connectivity index (χ3n) is 16.1. The predicted octanol–water partition coefficient (Wildman–Crippen LogP) is 18.3. The van der Waals surface area contributed by atoms with Crippen LogP contribution in [0.25, 0.3) is 28.1 Å². The van der Waals surface area contributed by atoms with Crippen LogP contribution in [0.2, 0.25) is 0 Å². The summed E-state index contributed by atoms with van der Waals surface area (Å²) in [6.07, 6.45) is 28.3. The van der Waals surface area contributed by atoms with Crippen LogP contribution >= 0.6 is 0 Å². The first-order valence-corrected chi connectivity index (χ1v) is 32.6. The number of nitrogens with zero attached hydrogens (tertiary/aromatic N) is 14. The molecule has 4 atom stereocenters. The first-order chi connectivity index (χ1) is 44.4. The summed E-state index contributed by atoms with van der Waals surface area (Å²) in [7, 11) is 0. The van der Waals surface area contributed by atoms with Gasteiger partial charge < -0.3 is 39.0 Å². The second-order valence-electron chi connectivity index (χ2n) is 26.1. The van der Waals surface area contributed by atoms with Crippen molar-refractivity contribution in [2.75, 3.05) is 5.01 Å². The minimum atomic E-state index is -0.202. The minimum absolute atomic E-state index is 0. The Morgan fingerprint density at radius 3 is 1.85 bits per heavy atom. The second-order valence-corrected chi connectivity index (χ2v) is 26.1. The summed E-state index contributed by atoms with van der Waals surface area (Å²) in [5.74, 6) is 6.58. The molecule has 0 amide bonds. The Balaban J connectivity index is 0.000000409. The molecular formula is C77H96Ir4N14O2-4. The molecule has 1 aliphatic heterocycles. The molecule has 8 heterocycles. The number of hydrazone groups is 1. The van der Waals surface area contributed by atoms with Gasteiger partial charge in [-0.3, -0.25) is 14.9 Å². The number of carbonyl (C=O) groups is 1. The Hall–Kier alpha value is -6.63. The maximum Gasteiger partial charge on any atom is 0.225 e. The van der Waals surface area contributed by atoms with Crippen LogP contribution in [0.3, 0.4) is 0 Å². The summed E-state index contributed by atoms with van der Waals surface area (Å²) in [5, 5.41) is 25.0. The van der Waals surface area contributed by atoms with Crippen molar-refractivity contribution in [2.45, 2.75) is 179 Å². The van der Waals surface area contributed by atoms with Crippen molar-refractivity contribution in [1.29, 1.82) is 0 Å². The van der Waals surface area contributed by atoms with Gasteiger partial charge in [0.05, 0.1) is 17.5 Å². The van der Waals surface area contributed by atoms with Crippen molar-refractivity contribution < 1.29 is 90.3 Å². The molecule has 0 saturated heterocycles. The zero-order valence-corrected chi connectivity index (χ0v) is 68.6. The van der Waals surface area contributed by atoms with E-state index in [2.05, 4.69) is 197 Å². The summed E-state index contributed by atoms with van der Waals surface area (Å²) in [6.45, 7) is 44.1. The van der Waals surface area contributed by atoms with Gasteiger partial charge >= 0.3 is 0 Å². The zero-order chi connectivity index (χ0) is 67.7. The molecule has 1 N–H and O–H groups in total. The molecule has 0 fully saturated rings. The maximum absolute atomic E-state index is 11.8. The topological polar surface area (TPSA) is 175 Å². The molecule has 0 bridgehead atoms. The van der Waals surface area contributed by atoms with Crippen LogP contribution in [-0.4, -0.2) is 70.6 Å². The van der Waals surface area contributed by atoms with Crippen molar-refractivity contribution in [2.24, 2.45) is 28.3 Å². The maximum atomic E-state index is 11.8. The van der Waals surface area contributed by atoms with Gasteiger partial charge in [0.15, 0.2) is 5.78 Å². The number of carbonyl (C=O) groups excluding carboxylic acids is 1. The Kier molecular flexibility index (Phi) is 38.3. The SMILES string of the molecule is CCC(C)C1=NN(c2ncc(C(C)CC)cn2)[CH-]C1.CCCC(CC)c1ccc(-n2[c-]cc(C(C)(C)C)n2)nc1.Cc1n[c-]n(-c2cc(CC(C)C(C)C)ccn2)n1.O=C(C=C(O)c1ccccc1)c1ccccc1.[C-]#[N+]c1c[c-]n(-c2ccccn2)c1CC(C)(C)C.[Ir].[Ir].[Ir].[Ir]. The first kappa shape index (κ1) is 86.5. The second kappa shape index (κ2) is 43.0. The van der Waals surface area contributed by atoms with E-state index in [1.165, 1.54) is 41.3 Å². The molecule has 20 heteroatoms. The Bertz CT molecular complexity index is 3800. The van der Waals surface area contributed by atoms with Gasteiger partial charge in [0.1, 0.15) is 12.3 Å². The van der Waals surface area contributed by atoms with Crippen LogP contribution in [0, 0.1) is 61.9 Å². The van der Waals surface area contributed by atoms with Crippen LogP contribution in [0.1, 0.15) is 204 Å². The predicted molar refractivity (Wildman–Crippen MR) is 376 cm³/mol. The van der Waals surface area contributed by atoms with E-state index in [4.69, 9.17) is 6.57 Å². The van der Waals surface area contributed by atoms with Gasteiger partial charge in [-0.15, -0.1) is 12.5 Å². The molecule has 9 aromatic rings. The van der Waals surface area contributed by atoms with Crippen molar-refractivity contribution in [1.82, 2.24) is 54.0 Å². The van der Waals surface area contributed by atoms with E-state index in [0.717, 1.165) is 67.4 Å². The van der Waals surface area contributed by atoms with Crippen molar-refractivity contribution in [3.8, 4) is 17.5 Å². The quantitative estimate of drug-likeness (QED) is 0.0353. The molecule has 97 heavy (non-hydrogen) atoms. The monoisotopic (exact) mass is 2020 g/mol. The normalized spacial score (nSPS) is 12.9. The summed E-state index contributed by atoms with van der Waals surface area (Å²) in [4.78, 5) is 41.4. The van der Waals surface area contributed by atoms with Crippen LogP contribution in [0.15, 0.2) is 157 Å². The number of aryl methyl sites for hydroxylation is 1. The Labute approximate surface area is 632 Å². The number of pyridine rings is 3. The number of aliphatic hydroxyl groups is 1. The molecule has 1 aliphatic rings. The van der Waals surface area contributed by atoms with Gasteiger partial charge in [-0.05, 0) is 127 Å². The van der Waals surface area contributed by atoms with Crippen LogP contribution in [0.4, 0.5) is 11.6 Å². The van der Waals surface area contributed by atoms with Crippen molar-refractivity contribution in [3.05, 3.63) is 234 Å². The number of rotatable bonds is 19. The standard InChI is InChI=1S/C18H26N3.C15H23N4.C15H16N3.C15H12O2.C14H19N4.4Ir/c1-6-8-14(7-2)15-9-10-17(19-13-15)21-12-11-16(20-21)18(3,4)5;1-5-11(3)13-9-16-15(17-10-13)19-8-7-14(18-19)12(4)6-2;1-15(2,3)11-13-12(16-4)8-10-18(13)14-7-5-6-9-17-14;16-14(12-7-3-1-4-8-12)11-15(17)13-9-5-2-6-10-13;1-10(2)11(3)7-13-5-6-15-14(8-13)18-9-16-12(4)17-18;;;;/h9-11,13-14H,6-8H2,1-5H3;8-12H,5-7H2,1-4H3;5-9H,11H2,1-3H3;1-11,16H;5-6,8,10-11H,7H2,1-4H3;;;;/q3*-1;;-1;;;;. The van der Waals surface area contributed by atoms with E-state index >= 15 is 0 Å². The summed E-state index contributed by atoms with van der Waals surface area (Å²) >= 11 is 0. The molecular weight excluding hydrogens is 1920 g/mol. The van der Waals surface area contributed by atoms with Crippen molar-refractivity contribution >= 4 is 28.9 Å². The van der Waals surface area contributed by atoms with Gasteiger partial charge in [0.25, 0.3) is 0 Å². The van der Waals surface area contributed by atoms with Gasteiger partial charge in [-0.1, -0.05) is 219 Å². The fraction of sp³-hybridized carbons (Fsp3) is 0.403. The van der Waals surface area contributed by atoms with E-state index in [1.807, 2.05) is 95.9 Å². The fourth-order valence-electron chi connectivity index (χ4n) is 9.58. The van der Waals surface area contributed by atoms with Crippen LogP contribution in [-0.2, 0) is 98.7 Å². The Morgan fingerprint density at radius 1 is 0.691 bits per heavy atom. The van der Waals surface area contributed by atoms with E-state index in [0.29, 0.717) is 58.2 Å². The third-order valence-corrected chi connectivity index (χ3v) is 16.1. The van der Waals surface area contributed by atoms with E-state index in [9.17, 15) is 9.90 Å². The number of hydrogen-bond donors (Lipinski definition) is 1. The summed E-state index contributed by atoms with van der Waals surface area (Å²) in [5.41, 5.74) is 9.06. The zero-order valence-electron chi connectivity index (χ0n) is 59.0. The van der Waals surface area contributed by atoms with Crippen LogP contribution in [0.5, 0.6) is 0 Å². The number of benzene rings is 2. The summed E-state index contributed by atoms with van der Waals surface area (Å²) in [6, 6.07) is 35.6. The largest absolute Gasteiger partial charge is 0.507 e. The van der Waals surface area contributed by atoms with Gasteiger partial charge in [0, 0.05) is 146 Å². The molecule has 2 aromatic carbocycles. The number of ketones is 1. The molecule has 0 saturated carbocycles. The molecule has 4 unspecified atom stereocenters. The first-order valence-electron chi connectivity index (χ1n) is 32.6. The molecule has 0 aliphatic carbocycles. The Morgan fingerprint density at radius 2 is 1.32 bits per heavy atom. The average Bonchev–Trinajstić information content (AvgIpc) is 1.70. The van der Waals surface area contributed by atoms with Crippen LogP contribution < -0.4 is 5.01 Å². The van der Waals surface area contributed by atoms with Gasteiger partial charge in [0.2, 0.25) is 11.6 Å². The third kappa shape index (κ3) is 27.5. The smallest absolute Gasteiger partial charge is 0.225 e. The van der Waals surface area contributed by atoms with E-state index < -0.39 is 0 Å². The fourth-order valence-corrected chi connectivity index (χ4v) is 9.58. The number of hydrogen-bond acceptors (Lipinski definition) is 12. The number of anilines is 1. The number of aromatic nitrogens is 11. The molecule has 16 nitrogen and oxygen atoms in total. The van der Waals surface area contributed by atoms with Crippen molar-refractivity contribution in [3.63, 3.8) is 0 Å².